The van der Waals surface area contributed by atoms with Gasteiger partial charge in [0.15, 0.2) is 11.6 Å². The molecular weight excluding hydrogens is 380 g/mol. The Morgan fingerprint density at radius 1 is 0.778 bits per heavy atom. The van der Waals surface area contributed by atoms with E-state index in [1.165, 1.54) is 0 Å². The average Bonchev–Trinajstić information content (AvgIpc) is 2.72. The number of ketones is 2. The van der Waals surface area contributed by atoms with Crippen molar-refractivity contribution in [1.82, 2.24) is 0 Å². The second kappa shape index (κ2) is 10.6. The van der Waals surface area contributed by atoms with E-state index in [4.69, 9.17) is 16.2 Å². The van der Waals surface area contributed by atoms with Crippen molar-refractivity contribution in [2.75, 3.05) is 11.5 Å². The molecule has 0 radical (unpaired) electrons. The number of carbonyl (C=O) groups is 2. The molecule has 0 saturated heterocycles. The molecule has 0 spiro atoms. The maximum Gasteiger partial charge on any atom is 0.180 e. The lowest BCUT2D eigenvalue weighted by atomic mass is 9.99. The van der Waals surface area contributed by atoms with Gasteiger partial charge < -0.3 is 16.2 Å². The monoisotopic (exact) mass is 404 g/mol. The van der Waals surface area contributed by atoms with E-state index in [-0.39, 0.29) is 36.3 Å². The van der Waals surface area contributed by atoms with Crippen LogP contribution in [0.25, 0.3) is 0 Å². The maximum absolute atomic E-state index is 12.4. The lowest BCUT2D eigenvalue weighted by Gasteiger charge is -2.14. The van der Waals surface area contributed by atoms with Crippen LogP contribution < -0.4 is 11.5 Å². The Morgan fingerprint density at radius 2 is 1.15 bits per heavy atom. The van der Waals surface area contributed by atoms with E-state index in [2.05, 4.69) is 25.3 Å². The summed E-state index contributed by atoms with van der Waals surface area (Å²) in [5.74, 6) is 0.211. The summed E-state index contributed by atoms with van der Waals surface area (Å²) in [7, 11) is 0. The van der Waals surface area contributed by atoms with Gasteiger partial charge in [0.2, 0.25) is 0 Å². The second-order valence-corrected chi connectivity index (χ2v) is 6.84. The van der Waals surface area contributed by atoms with E-state index in [0.29, 0.717) is 11.1 Å². The maximum atomic E-state index is 12.4. The largest absolute Gasteiger partial charge is 0.372 e. The van der Waals surface area contributed by atoms with Gasteiger partial charge in [-0.1, -0.05) is 48.5 Å². The van der Waals surface area contributed by atoms with Gasteiger partial charge >= 0.3 is 0 Å². The van der Waals surface area contributed by atoms with E-state index in [1.807, 2.05) is 24.3 Å². The number of carbonyl (C=O) groups excluding carboxylic acids is 2. The summed E-state index contributed by atoms with van der Waals surface area (Å²) in [6.07, 6.45) is 0. The quantitative estimate of drug-likeness (QED) is 0.360. The molecule has 0 aliphatic rings. The third kappa shape index (κ3) is 5.67. The van der Waals surface area contributed by atoms with Crippen LogP contribution in [0.3, 0.4) is 0 Å². The fraction of sp³-hybridized carbons (Fsp3) is 0.300. The molecule has 0 amide bonds. The van der Waals surface area contributed by atoms with E-state index in [0.717, 1.165) is 11.1 Å². The third-order valence-corrected chi connectivity index (χ3v) is 4.93. The highest BCUT2D eigenvalue weighted by Crippen LogP contribution is 2.16. The van der Waals surface area contributed by atoms with Crippen molar-refractivity contribution in [3.05, 3.63) is 70.8 Å². The lowest BCUT2D eigenvalue weighted by molar-refractivity contribution is 0.0927. The first-order valence-corrected chi connectivity index (χ1v) is 9.81. The van der Waals surface area contributed by atoms with Crippen LogP contribution in [0.2, 0.25) is 0 Å². The molecule has 7 heteroatoms. The number of nitrogens with two attached hydrogens (primary N) is 2. The second-order valence-electron chi connectivity index (χ2n) is 6.11. The fourth-order valence-electron chi connectivity index (χ4n) is 2.61. The Morgan fingerprint density at radius 3 is 1.52 bits per heavy atom. The Labute approximate surface area is 170 Å². The fourth-order valence-corrected chi connectivity index (χ4v) is 2.94. The summed E-state index contributed by atoms with van der Waals surface area (Å²) in [4.78, 5) is 24.8. The van der Waals surface area contributed by atoms with Gasteiger partial charge in [-0.25, -0.2) is 0 Å². The Balaban J connectivity index is 2.10. The molecule has 144 valence electrons. The van der Waals surface area contributed by atoms with Crippen LogP contribution in [0, 0.1) is 0 Å². The highest BCUT2D eigenvalue weighted by Gasteiger charge is 2.19. The molecule has 0 aliphatic heterocycles. The van der Waals surface area contributed by atoms with E-state index < -0.39 is 12.1 Å². The van der Waals surface area contributed by atoms with Gasteiger partial charge in [0.25, 0.3) is 0 Å². The number of ether oxygens (including phenoxy) is 1. The summed E-state index contributed by atoms with van der Waals surface area (Å²) in [5, 5.41) is 0. The summed E-state index contributed by atoms with van der Waals surface area (Å²) in [6, 6.07) is 13.0. The first kappa shape index (κ1) is 21.7. The van der Waals surface area contributed by atoms with Crippen LogP contribution in [0.4, 0.5) is 0 Å². The Hall–Kier alpha value is -1.64. The van der Waals surface area contributed by atoms with Crippen molar-refractivity contribution >= 4 is 36.8 Å². The van der Waals surface area contributed by atoms with Gasteiger partial charge in [-0.15, -0.1) is 0 Å². The summed E-state index contributed by atoms with van der Waals surface area (Å²) in [5.41, 5.74) is 14.2. The average molecular weight is 405 g/mol. The summed E-state index contributed by atoms with van der Waals surface area (Å²) < 4.78 is 5.79. The minimum absolute atomic E-state index is 0.167. The molecule has 2 aromatic carbocycles. The Bertz CT molecular complexity index is 733. The summed E-state index contributed by atoms with van der Waals surface area (Å²) >= 11 is 8.18. The van der Waals surface area contributed by atoms with Crippen LogP contribution in [-0.4, -0.2) is 35.2 Å². The lowest BCUT2D eigenvalue weighted by Crippen LogP contribution is -2.33. The van der Waals surface area contributed by atoms with Crippen molar-refractivity contribution in [2.45, 2.75) is 25.3 Å². The van der Waals surface area contributed by atoms with Crippen molar-refractivity contribution in [3.63, 3.8) is 0 Å². The number of hydrogen-bond acceptors (Lipinski definition) is 7. The zero-order chi connectivity index (χ0) is 19.8. The third-order valence-electron chi connectivity index (χ3n) is 4.15. The number of rotatable bonds is 10. The highest BCUT2D eigenvalue weighted by atomic mass is 32.1. The topological polar surface area (TPSA) is 95.4 Å². The van der Waals surface area contributed by atoms with Crippen molar-refractivity contribution < 1.29 is 14.3 Å². The predicted molar refractivity (Wildman–Crippen MR) is 114 cm³/mol. The number of thiol groups is 2. The van der Waals surface area contributed by atoms with Crippen molar-refractivity contribution in [3.8, 4) is 0 Å². The number of benzene rings is 2. The molecule has 0 bridgehead atoms. The van der Waals surface area contributed by atoms with Gasteiger partial charge in [-0.05, 0) is 11.1 Å². The molecule has 0 heterocycles. The standard InChI is InChI=1S/C20H24N2O3S2/c21-17(11-26)19(23)15-7-3-1-5-13(15)9-25-10-14-6-2-4-8-16(14)20(24)18(22)12-27/h1-8,17-18,26-27H,9-12,21-22H2. The van der Waals surface area contributed by atoms with E-state index in [1.54, 1.807) is 24.3 Å². The van der Waals surface area contributed by atoms with Crippen LogP contribution in [0.5, 0.6) is 0 Å². The molecule has 2 aromatic rings. The minimum Gasteiger partial charge on any atom is -0.372 e. The van der Waals surface area contributed by atoms with E-state index in [9.17, 15) is 9.59 Å². The van der Waals surface area contributed by atoms with Crippen molar-refractivity contribution in [2.24, 2.45) is 11.5 Å². The molecule has 5 nitrogen and oxygen atoms in total. The first-order valence-electron chi connectivity index (χ1n) is 8.54. The smallest absolute Gasteiger partial charge is 0.180 e. The van der Waals surface area contributed by atoms with Gasteiger partial charge in [-0.2, -0.15) is 25.3 Å². The van der Waals surface area contributed by atoms with E-state index >= 15 is 0 Å². The summed E-state index contributed by atoms with van der Waals surface area (Å²) in [6.45, 7) is 0.449. The number of hydrogen-bond donors (Lipinski definition) is 4. The zero-order valence-electron chi connectivity index (χ0n) is 14.9. The van der Waals surface area contributed by atoms with Crippen molar-refractivity contribution in [1.29, 1.82) is 0 Å². The Kier molecular flexibility index (Phi) is 8.53. The molecule has 0 aromatic heterocycles. The molecule has 2 rings (SSSR count). The molecule has 0 fully saturated rings. The number of Topliss-reactive ketones (excluding diaryl/α,β-unsaturated/α-hetero) is 2. The van der Waals surface area contributed by atoms with Crippen LogP contribution in [0.1, 0.15) is 31.8 Å². The highest BCUT2D eigenvalue weighted by molar-refractivity contribution is 7.80. The van der Waals surface area contributed by atoms with Gasteiger partial charge in [0, 0.05) is 22.6 Å². The molecule has 0 saturated carbocycles. The molecule has 27 heavy (non-hydrogen) atoms. The van der Waals surface area contributed by atoms with Gasteiger partial charge in [0.1, 0.15) is 0 Å². The first-order chi connectivity index (χ1) is 13.0. The molecule has 2 unspecified atom stereocenters. The van der Waals surface area contributed by atoms with Gasteiger partial charge in [-0.3, -0.25) is 9.59 Å². The van der Waals surface area contributed by atoms with Crippen LogP contribution >= 0.6 is 25.3 Å². The van der Waals surface area contributed by atoms with Crippen LogP contribution in [0.15, 0.2) is 48.5 Å². The molecule has 2 atom stereocenters. The van der Waals surface area contributed by atoms with Crippen LogP contribution in [-0.2, 0) is 18.0 Å². The minimum atomic E-state index is -0.657. The predicted octanol–water partition coefficient (Wildman–Crippen LogP) is 2.28. The normalized spacial score (nSPS) is 13.2. The SMILES string of the molecule is NC(CS)C(=O)c1ccccc1COCc1ccccc1C(=O)C(N)CS. The van der Waals surface area contributed by atoms with Gasteiger partial charge in [0.05, 0.1) is 25.3 Å². The molecular formula is C20H24N2O3S2. The zero-order valence-corrected chi connectivity index (χ0v) is 16.7. The molecule has 0 aliphatic carbocycles. The molecule has 4 N–H and O–H groups in total.